The van der Waals surface area contributed by atoms with Crippen LogP contribution in [0.1, 0.15) is 48.0 Å². The maximum absolute atomic E-state index is 13.5. The number of hydrogen-bond donors (Lipinski definition) is 1. The molecule has 7 nitrogen and oxygen atoms in total. The zero-order valence-electron chi connectivity index (χ0n) is 18.7. The monoisotopic (exact) mass is 451 g/mol. The van der Waals surface area contributed by atoms with Gasteiger partial charge in [-0.2, -0.15) is 5.10 Å². The van der Waals surface area contributed by atoms with E-state index in [9.17, 15) is 4.79 Å². The lowest BCUT2D eigenvalue weighted by Crippen LogP contribution is -2.40. The zero-order valence-corrected chi connectivity index (χ0v) is 18.7. The molecule has 1 fully saturated rings. The van der Waals surface area contributed by atoms with Crippen LogP contribution in [-0.4, -0.2) is 44.1 Å². The Kier molecular flexibility index (Phi) is 5.30. The molecule has 4 heterocycles. The van der Waals surface area contributed by atoms with Gasteiger partial charge in [0.05, 0.1) is 0 Å². The van der Waals surface area contributed by atoms with E-state index < -0.39 is 0 Å². The molecule has 34 heavy (non-hydrogen) atoms. The SMILES string of the molecule is O=C(CC1c2ccccc2Oc2ccccc21)N1CCCC(c2nc(-c3cccnc3)n[nH]2)C1. The standard InChI is InChI=1S/C27H25N5O2/c33-25(15-22-20-9-1-3-11-23(20)34-24-12-4-2-10-21(22)24)32-14-6-8-19(17-32)27-29-26(30-31-27)18-7-5-13-28-16-18/h1-5,7,9-13,16,19,22H,6,8,14-15,17H2,(H,29,30,31). The molecule has 2 aromatic heterocycles. The molecule has 4 aromatic rings. The number of fused-ring (bicyclic) bond motifs is 2. The quantitative estimate of drug-likeness (QED) is 0.477. The summed E-state index contributed by atoms with van der Waals surface area (Å²) in [5.41, 5.74) is 3.02. The van der Waals surface area contributed by atoms with Crippen molar-refractivity contribution in [1.29, 1.82) is 0 Å². The van der Waals surface area contributed by atoms with Crippen LogP contribution in [0, 0.1) is 0 Å². The van der Waals surface area contributed by atoms with Gasteiger partial charge in [0, 0.05) is 60.4 Å². The number of nitrogens with zero attached hydrogens (tertiary/aromatic N) is 4. The van der Waals surface area contributed by atoms with E-state index in [4.69, 9.17) is 9.72 Å². The molecule has 2 aromatic carbocycles. The number of H-pyrrole nitrogens is 1. The molecule has 1 amide bonds. The summed E-state index contributed by atoms with van der Waals surface area (Å²) < 4.78 is 6.10. The van der Waals surface area contributed by atoms with Crippen LogP contribution >= 0.6 is 0 Å². The average molecular weight is 452 g/mol. The van der Waals surface area contributed by atoms with Crippen LogP contribution in [0.4, 0.5) is 0 Å². The Morgan fingerprint density at radius 3 is 2.53 bits per heavy atom. The van der Waals surface area contributed by atoms with Crippen LogP contribution in [0.3, 0.4) is 0 Å². The molecule has 0 aliphatic carbocycles. The van der Waals surface area contributed by atoms with Crippen molar-refractivity contribution in [2.45, 2.75) is 31.1 Å². The van der Waals surface area contributed by atoms with E-state index in [1.807, 2.05) is 53.4 Å². The molecule has 7 heteroatoms. The topological polar surface area (TPSA) is 84.0 Å². The van der Waals surface area contributed by atoms with Crippen LogP contribution in [-0.2, 0) is 4.79 Å². The molecule has 1 atom stereocenters. The maximum atomic E-state index is 13.5. The number of hydrogen-bond acceptors (Lipinski definition) is 5. The molecule has 0 saturated carbocycles. The second kappa shape index (κ2) is 8.74. The molecule has 0 bridgehead atoms. The number of aromatic nitrogens is 4. The van der Waals surface area contributed by atoms with E-state index in [-0.39, 0.29) is 17.7 Å². The van der Waals surface area contributed by atoms with Gasteiger partial charge in [-0.3, -0.25) is 14.9 Å². The third kappa shape index (κ3) is 3.83. The summed E-state index contributed by atoms with van der Waals surface area (Å²) in [6.45, 7) is 1.42. The van der Waals surface area contributed by atoms with Gasteiger partial charge in [-0.25, -0.2) is 4.98 Å². The first-order chi connectivity index (χ1) is 16.8. The third-order valence-electron chi connectivity index (χ3n) is 6.77. The molecule has 170 valence electrons. The van der Waals surface area contributed by atoms with Gasteiger partial charge in [-0.15, -0.1) is 0 Å². The molecular weight excluding hydrogens is 426 g/mol. The van der Waals surface area contributed by atoms with Gasteiger partial charge in [-0.1, -0.05) is 36.4 Å². The highest BCUT2D eigenvalue weighted by Crippen LogP contribution is 2.45. The van der Waals surface area contributed by atoms with Crippen LogP contribution in [0.5, 0.6) is 11.5 Å². The highest BCUT2D eigenvalue weighted by molar-refractivity contribution is 5.79. The van der Waals surface area contributed by atoms with E-state index >= 15 is 0 Å². The van der Waals surface area contributed by atoms with Gasteiger partial charge in [0.1, 0.15) is 17.3 Å². The number of aromatic amines is 1. The number of carbonyl (C=O) groups excluding carboxylic acids is 1. The Hall–Kier alpha value is -4.00. The van der Waals surface area contributed by atoms with Crippen LogP contribution in [0.25, 0.3) is 11.4 Å². The van der Waals surface area contributed by atoms with E-state index in [1.54, 1.807) is 12.4 Å². The molecule has 1 unspecified atom stereocenters. The van der Waals surface area contributed by atoms with Crippen LogP contribution in [0.15, 0.2) is 73.1 Å². The number of amides is 1. The predicted octanol–water partition coefficient (Wildman–Crippen LogP) is 4.90. The molecule has 2 aliphatic heterocycles. The van der Waals surface area contributed by atoms with Crippen molar-refractivity contribution in [3.63, 3.8) is 0 Å². The van der Waals surface area contributed by atoms with Crippen molar-refractivity contribution in [3.8, 4) is 22.9 Å². The summed E-state index contributed by atoms with van der Waals surface area (Å²) in [6, 6.07) is 19.9. The zero-order chi connectivity index (χ0) is 22.9. The van der Waals surface area contributed by atoms with E-state index in [0.717, 1.165) is 53.4 Å². The summed E-state index contributed by atoms with van der Waals surface area (Å²) in [4.78, 5) is 24.4. The first kappa shape index (κ1) is 20.6. The minimum atomic E-state index is -0.0171. The smallest absolute Gasteiger partial charge is 0.223 e. The summed E-state index contributed by atoms with van der Waals surface area (Å²) in [7, 11) is 0. The second-order valence-corrected chi connectivity index (χ2v) is 8.90. The summed E-state index contributed by atoms with van der Waals surface area (Å²) >= 11 is 0. The lowest BCUT2D eigenvalue weighted by Gasteiger charge is -2.34. The third-order valence-corrected chi connectivity index (χ3v) is 6.77. The fourth-order valence-electron chi connectivity index (χ4n) is 5.04. The molecule has 0 radical (unpaired) electrons. The molecule has 0 spiro atoms. The van der Waals surface area contributed by atoms with Crippen molar-refractivity contribution >= 4 is 5.91 Å². The summed E-state index contributed by atoms with van der Waals surface area (Å²) in [5.74, 6) is 3.43. The number of carbonyl (C=O) groups is 1. The maximum Gasteiger partial charge on any atom is 0.223 e. The Morgan fingerprint density at radius 1 is 1.03 bits per heavy atom. The van der Waals surface area contributed by atoms with Gasteiger partial charge in [-0.05, 0) is 37.1 Å². The lowest BCUT2D eigenvalue weighted by molar-refractivity contribution is -0.132. The number of para-hydroxylation sites is 2. The van der Waals surface area contributed by atoms with Crippen LogP contribution in [0.2, 0.25) is 0 Å². The number of rotatable bonds is 4. The van der Waals surface area contributed by atoms with Crippen molar-refractivity contribution < 1.29 is 9.53 Å². The van der Waals surface area contributed by atoms with Gasteiger partial charge in [0.25, 0.3) is 0 Å². The van der Waals surface area contributed by atoms with Crippen molar-refractivity contribution in [1.82, 2.24) is 25.1 Å². The van der Waals surface area contributed by atoms with Gasteiger partial charge in [0.15, 0.2) is 5.82 Å². The van der Waals surface area contributed by atoms with Crippen LogP contribution < -0.4 is 4.74 Å². The number of pyridine rings is 1. The Balaban J connectivity index is 1.20. The predicted molar refractivity (Wildman–Crippen MR) is 128 cm³/mol. The highest BCUT2D eigenvalue weighted by atomic mass is 16.5. The number of nitrogens with one attached hydrogen (secondary N) is 1. The Labute approximate surface area is 197 Å². The Morgan fingerprint density at radius 2 is 1.79 bits per heavy atom. The van der Waals surface area contributed by atoms with Gasteiger partial charge >= 0.3 is 0 Å². The van der Waals surface area contributed by atoms with Gasteiger partial charge < -0.3 is 9.64 Å². The molecule has 1 N–H and O–H groups in total. The van der Waals surface area contributed by atoms with Crippen molar-refractivity contribution in [3.05, 3.63) is 90.0 Å². The van der Waals surface area contributed by atoms with E-state index in [0.29, 0.717) is 18.8 Å². The lowest BCUT2D eigenvalue weighted by atomic mass is 9.85. The fraction of sp³-hybridized carbons (Fsp3) is 0.259. The van der Waals surface area contributed by atoms with Gasteiger partial charge in [0.2, 0.25) is 5.91 Å². The summed E-state index contributed by atoms with van der Waals surface area (Å²) in [5, 5.41) is 7.48. The Bertz CT molecular complexity index is 1270. The fourth-order valence-corrected chi connectivity index (χ4v) is 5.04. The first-order valence-electron chi connectivity index (χ1n) is 11.7. The minimum absolute atomic E-state index is 0.0171. The molecular formula is C27H25N5O2. The number of benzene rings is 2. The first-order valence-corrected chi connectivity index (χ1v) is 11.7. The molecule has 2 aliphatic rings. The number of ether oxygens (including phenoxy) is 1. The van der Waals surface area contributed by atoms with E-state index in [2.05, 4.69) is 27.3 Å². The number of likely N-dealkylation sites (tertiary alicyclic amines) is 1. The van der Waals surface area contributed by atoms with Crippen molar-refractivity contribution in [2.75, 3.05) is 13.1 Å². The number of piperidine rings is 1. The second-order valence-electron chi connectivity index (χ2n) is 8.90. The largest absolute Gasteiger partial charge is 0.457 e. The molecule has 6 rings (SSSR count). The van der Waals surface area contributed by atoms with E-state index in [1.165, 1.54) is 0 Å². The summed E-state index contributed by atoms with van der Waals surface area (Å²) in [6.07, 6.45) is 5.83. The molecule has 1 saturated heterocycles. The normalized spacial score (nSPS) is 17.5. The minimum Gasteiger partial charge on any atom is -0.457 e. The van der Waals surface area contributed by atoms with Crippen molar-refractivity contribution in [2.24, 2.45) is 0 Å². The highest BCUT2D eigenvalue weighted by Gasteiger charge is 2.32. The average Bonchev–Trinajstić information content (AvgIpc) is 3.40.